The van der Waals surface area contributed by atoms with E-state index < -0.39 is 0 Å². The molecule has 0 nitrogen and oxygen atoms in total. The number of allylic oxidation sites excluding steroid dienone is 2. The summed E-state index contributed by atoms with van der Waals surface area (Å²) >= 11 is 0. The summed E-state index contributed by atoms with van der Waals surface area (Å²) in [7, 11) is 0. The second-order valence-corrected chi connectivity index (χ2v) is 7.32. The van der Waals surface area contributed by atoms with Crippen LogP contribution in [0, 0.1) is 17.8 Å². The highest BCUT2D eigenvalue weighted by molar-refractivity contribution is 4.92. The average Bonchev–Trinajstić information content (AvgIpc) is 2.27. The topological polar surface area (TPSA) is 0 Å². The molecule has 0 unspecified atom stereocenters. The fourth-order valence-electron chi connectivity index (χ4n) is 2.63. The summed E-state index contributed by atoms with van der Waals surface area (Å²) < 4.78 is 0. The van der Waals surface area contributed by atoms with Crippen molar-refractivity contribution in [2.45, 2.75) is 92.9 Å². The van der Waals surface area contributed by atoms with Gasteiger partial charge in [0.1, 0.15) is 0 Å². The van der Waals surface area contributed by atoms with Crippen molar-refractivity contribution in [3.63, 3.8) is 0 Å². The summed E-state index contributed by atoms with van der Waals surface area (Å²) in [5.74, 6) is 2.71. The molecule has 0 aliphatic heterocycles. The zero-order valence-corrected chi connectivity index (χ0v) is 14.5. The standard InChI is InChI=1S/C19H38/c1-16(2)10-7-12-18(5)14-9-15-19(6)13-8-11-17(3)4/h10,17-19H,7-9,11-15H2,1-6H3/t18-,19+/m0/s1. The monoisotopic (exact) mass is 266 g/mol. The Morgan fingerprint density at radius 1 is 0.737 bits per heavy atom. The van der Waals surface area contributed by atoms with Gasteiger partial charge in [0.25, 0.3) is 0 Å². The van der Waals surface area contributed by atoms with E-state index in [-0.39, 0.29) is 0 Å². The molecule has 0 saturated carbocycles. The van der Waals surface area contributed by atoms with Gasteiger partial charge >= 0.3 is 0 Å². The van der Waals surface area contributed by atoms with Crippen LogP contribution < -0.4 is 0 Å². The third kappa shape index (κ3) is 14.0. The third-order valence-corrected chi connectivity index (χ3v) is 4.08. The van der Waals surface area contributed by atoms with E-state index in [9.17, 15) is 0 Å². The summed E-state index contributed by atoms with van der Waals surface area (Å²) in [6, 6.07) is 0. The Bertz CT molecular complexity index is 220. The quantitative estimate of drug-likeness (QED) is 0.353. The second kappa shape index (κ2) is 11.6. The summed E-state index contributed by atoms with van der Waals surface area (Å²) in [6.45, 7) is 13.9. The third-order valence-electron chi connectivity index (χ3n) is 4.08. The van der Waals surface area contributed by atoms with Crippen LogP contribution >= 0.6 is 0 Å². The molecule has 0 heteroatoms. The van der Waals surface area contributed by atoms with E-state index in [1.54, 1.807) is 0 Å². The molecule has 0 N–H and O–H groups in total. The van der Waals surface area contributed by atoms with Crippen molar-refractivity contribution in [3.05, 3.63) is 11.6 Å². The molecule has 0 aromatic rings. The van der Waals surface area contributed by atoms with E-state index in [4.69, 9.17) is 0 Å². The molecule has 0 heterocycles. The van der Waals surface area contributed by atoms with Crippen LogP contribution in [-0.2, 0) is 0 Å². The predicted molar refractivity (Wildman–Crippen MR) is 89.5 cm³/mol. The van der Waals surface area contributed by atoms with Crippen molar-refractivity contribution in [1.82, 2.24) is 0 Å². The molecule has 114 valence electrons. The largest absolute Gasteiger partial charge is 0.0859 e. The van der Waals surface area contributed by atoms with Crippen molar-refractivity contribution in [2.75, 3.05) is 0 Å². The van der Waals surface area contributed by atoms with Gasteiger partial charge in [-0.3, -0.25) is 0 Å². The Balaban J connectivity index is 3.47. The molecule has 0 saturated heterocycles. The fourth-order valence-corrected chi connectivity index (χ4v) is 2.63. The Morgan fingerprint density at radius 3 is 1.68 bits per heavy atom. The normalized spacial score (nSPS) is 14.5. The van der Waals surface area contributed by atoms with Gasteiger partial charge in [-0.05, 0) is 44.4 Å². The Morgan fingerprint density at radius 2 is 1.21 bits per heavy atom. The summed E-state index contributed by atoms with van der Waals surface area (Å²) in [5.41, 5.74) is 1.46. The highest BCUT2D eigenvalue weighted by atomic mass is 14.1. The molecule has 0 bridgehead atoms. The maximum atomic E-state index is 2.44. The summed E-state index contributed by atoms with van der Waals surface area (Å²) in [6.07, 6.45) is 13.6. The molecule has 2 atom stereocenters. The smallest absolute Gasteiger partial charge is 0.0346 e. The van der Waals surface area contributed by atoms with E-state index in [1.807, 2.05) is 0 Å². The van der Waals surface area contributed by atoms with Crippen molar-refractivity contribution in [2.24, 2.45) is 17.8 Å². The number of rotatable bonds is 11. The predicted octanol–water partition coefficient (Wildman–Crippen LogP) is 7.00. The molecular weight excluding hydrogens is 228 g/mol. The fraction of sp³-hybridized carbons (Fsp3) is 0.895. The first-order valence-electron chi connectivity index (χ1n) is 8.55. The first kappa shape index (κ1) is 18.7. The summed E-state index contributed by atoms with van der Waals surface area (Å²) in [5, 5.41) is 0. The number of hydrogen-bond acceptors (Lipinski definition) is 0. The van der Waals surface area contributed by atoms with Gasteiger partial charge in [0.2, 0.25) is 0 Å². The minimum atomic E-state index is 0.877. The zero-order chi connectivity index (χ0) is 14.7. The van der Waals surface area contributed by atoms with E-state index in [2.05, 4.69) is 47.6 Å². The Kier molecular flexibility index (Phi) is 11.4. The lowest BCUT2D eigenvalue weighted by Crippen LogP contribution is -1.99. The number of hydrogen-bond donors (Lipinski definition) is 0. The molecule has 0 fully saturated rings. The van der Waals surface area contributed by atoms with Crippen LogP contribution in [0.2, 0.25) is 0 Å². The first-order chi connectivity index (χ1) is 8.91. The van der Waals surface area contributed by atoms with Crippen LogP contribution in [0.3, 0.4) is 0 Å². The second-order valence-electron chi connectivity index (χ2n) is 7.32. The summed E-state index contributed by atoms with van der Waals surface area (Å²) in [4.78, 5) is 0. The molecule has 0 spiro atoms. The van der Waals surface area contributed by atoms with E-state index >= 15 is 0 Å². The van der Waals surface area contributed by atoms with Gasteiger partial charge in [-0.1, -0.05) is 77.9 Å². The minimum absolute atomic E-state index is 0.877. The maximum absolute atomic E-state index is 2.44. The van der Waals surface area contributed by atoms with Crippen LogP contribution in [0.15, 0.2) is 11.6 Å². The molecule has 0 aromatic heterocycles. The van der Waals surface area contributed by atoms with Gasteiger partial charge in [-0.25, -0.2) is 0 Å². The van der Waals surface area contributed by atoms with Crippen molar-refractivity contribution in [3.8, 4) is 0 Å². The molecule has 0 aliphatic rings. The van der Waals surface area contributed by atoms with Crippen LogP contribution in [0.5, 0.6) is 0 Å². The molecule has 0 aliphatic carbocycles. The molecule has 0 rings (SSSR count). The molecule has 0 radical (unpaired) electrons. The van der Waals surface area contributed by atoms with E-state index in [0.29, 0.717) is 0 Å². The van der Waals surface area contributed by atoms with E-state index in [1.165, 1.54) is 56.9 Å². The lowest BCUT2D eigenvalue weighted by atomic mass is 9.92. The lowest BCUT2D eigenvalue weighted by Gasteiger charge is -2.14. The highest BCUT2D eigenvalue weighted by Gasteiger charge is 2.05. The molecule has 0 aromatic carbocycles. The van der Waals surface area contributed by atoms with Gasteiger partial charge in [0, 0.05) is 0 Å². The SMILES string of the molecule is CC(C)=CCC[C@H](C)CCC[C@H](C)CCCC(C)C. The van der Waals surface area contributed by atoms with Crippen molar-refractivity contribution in [1.29, 1.82) is 0 Å². The first-order valence-corrected chi connectivity index (χ1v) is 8.55. The lowest BCUT2D eigenvalue weighted by molar-refractivity contribution is 0.393. The Labute approximate surface area is 123 Å². The molecule has 0 amide bonds. The van der Waals surface area contributed by atoms with Crippen LogP contribution in [0.4, 0.5) is 0 Å². The van der Waals surface area contributed by atoms with Gasteiger partial charge in [0.15, 0.2) is 0 Å². The van der Waals surface area contributed by atoms with Crippen LogP contribution in [-0.4, -0.2) is 0 Å². The van der Waals surface area contributed by atoms with Gasteiger partial charge in [0.05, 0.1) is 0 Å². The van der Waals surface area contributed by atoms with Gasteiger partial charge in [-0.15, -0.1) is 0 Å². The average molecular weight is 267 g/mol. The highest BCUT2D eigenvalue weighted by Crippen LogP contribution is 2.21. The van der Waals surface area contributed by atoms with Crippen LogP contribution in [0.25, 0.3) is 0 Å². The Hall–Kier alpha value is -0.260. The zero-order valence-electron chi connectivity index (χ0n) is 14.5. The minimum Gasteiger partial charge on any atom is -0.0859 e. The van der Waals surface area contributed by atoms with Crippen molar-refractivity contribution < 1.29 is 0 Å². The van der Waals surface area contributed by atoms with Gasteiger partial charge < -0.3 is 0 Å². The maximum Gasteiger partial charge on any atom is -0.0346 e. The molecular formula is C19H38. The van der Waals surface area contributed by atoms with Gasteiger partial charge in [-0.2, -0.15) is 0 Å². The van der Waals surface area contributed by atoms with E-state index in [0.717, 1.165) is 17.8 Å². The van der Waals surface area contributed by atoms with Crippen molar-refractivity contribution >= 4 is 0 Å². The molecule has 19 heavy (non-hydrogen) atoms. The van der Waals surface area contributed by atoms with Crippen LogP contribution in [0.1, 0.15) is 92.9 Å².